The summed E-state index contributed by atoms with van der Waals surface area (Å²) in [4.78, 5) is 13.2. The van der Waals surface area contributed by atoms with Gasteiger partial charge in [0.15, 0.2) is 6.29 Å². The molecule has 2 fully saturated rings. The third kappa shape index (κ3) is 9.89. The largest absolute Gasteiger partial charge is 0.494 e. The van der Waals surface area contributed by atoms with Crippen molar-refractivity contribution >= 4 is 16.1 Å². The van der Waals surface area contributed by atoms with Crippen LogP contribution in [0.3, 0.4) is 0 Å². The lowest BCUT2D eigenvalue weighted by molar-refractivity contribution is -0.0907. The molecule has 1 amide bonds. The third-order valence-electron chi connectivity index (χ3n) is 8.45. The molecule has 2 unspecified atom stereocenters. The topological polar surface area (TPSA) is 147 Å². The molecular formula is C34H47N3O8S. The van der Waals surface area contributed by atoms with E-state index in [4.69, 9.17) is 18.9 Å². The number of sulfonamides is 1. The number of aliphatic hydroxyl groups is 1. The zero-order valence-corrected chi connectivity index (χ0v) is 27.8. The van der Waals surface area contributed by atoms with E-state index in [9.17, 15) is 23.6 Å². The second-order valence-corrected chi connectivity index (χ2v) is 14.7. The Balaban J connectivity index is 1.55. The van der Waals surface area contributed by atoms with Crippen LogP contribution in [0.2, 0.25) is 0 Å². The van der Waals surface area contributed by atoms with Gasteiger partial charge in [0.2, 0.25) is 10.0 Å². The first-order valence-corrected chi connectivity index (χ1v) is 17.5. The lowest BCUT2D eigenvalue weighted by Crippen LogP contribution is -2.52. The summed E-state index contributed by atoms with van der Waals surface area (Å²) in [6, 6.07) is 16.9. The molecule has 2 aliphatic heterocycles. The molecule has 0 bridgehead atoms. The van der Waals surface area contributed by atoms with E-state index < -0.39 is 39.8 Å². The van der Waals surface area contributed by atoms with Gasteiger partial charge in [0, 0.05) is 19.5 Å². The maximum Gasteiger partial charge on any atom is 0.407 e. The number of carbonyl (C=O) groups excluding carboxylic acids is 1. The van der Waals surface area contributed by atoms with Crippen molar-refractivity contribution in [2.24, 2.45) is 11.3 Å². The number of alkyl carbamates (subject to hydrolysis) is 1. The minimum atomic E-state index is -4.10. The van der Waals surface area contributed by atoms with Crippen LogP contribution < -0.4 is 10.1 Å². The number of ether oxygens (including phenoxy) is 4. The van der Waals surface area contributed by atoms with Gasteiger partial charge in [0.1, 0.15) is 11.9 Å². The van der Waals surface area contributed by atoms with E-state index in [1.165, 1.54) is 16.4 Å². The zero-order valence-electron chi connectivity index (χ0n) is 27.0. The third-order valence-corrected chi connectivity index (χ3v) is 10.3. The monoisotopic (exact) mass is 657 g/mol. The summed E-state index contributed by atoms with van der Waals surface area (Å²) < 4.78 is 52.0. The second-order valence-electron chi connectivity index (χ2n) is 12.8. The normalized spacial score (nSPS) is 20.9. The summed E-state index contributed by atoms with van der Waals surface area (Å²) in [5.74, 6) is 0.519. The van der Waals surface area contributed by atoms with Crippen molar-refractivity contribution < 1.29 is 37.3 Å². The van der Waals surface area contributed by atoms with Gasteiger partial charge in [0.25, 0.3) is 0 Å². The molecule has 0 radical (unpaired) electrons. The van der Waals surface area contributed by atoms with Gasteiger partial charge in [-0.1, -0.05) is 57.5 Å². The predicted octanol–water partition coefficient (Wildman–Crippen LogP) is 4.65. The summed E-state index contributed by atoms with van der Waals surface area (Å²) in [6.07, 6.45) is 0.669. The number of unbranched alkanes of at least 4 members (excludes halogenated alkanes) is 1. The molecule has 252 valence electrons. The molecule has 2 aromatic rings. The maximum absolute atomic E-state index is 14.1. The van der Waals surface area contributed by atoms with Crippen molar-refractivity contribution in [3.8, 4) is 11.8 Å². The van der Waals surface area contributed by atoms with E-state index in [0.29, 0.717) is 25.4 Å². The zero-order chi connectivity index (χ0) is 33.2. The Morgan fingerprint density at radius 1 is 1.17 bits per heavy atom. The average molecular weight is 658 g/mol. The average Bonchev–Trinajstić information content (AvgIpc) is 3.65. The van der Waals surface area contributed by atoms with Crippen molar-refractivity contribution in [3.05, 3.63) is 60.2 Å². The highest BCUT2D eigenvalue weighted by molar-refractivity contribution is 7.89. The molecule has 0 saturated carbocycles. The molecule has 12 heteroatoms. The fourth-order valence-corrected chi connectivity index (χ4v) is 7.39. The molecule has 0 spiro atoms. The molecular weight excluding hydrogens is 610 g/mol. The van der Waals surface area contributed by atoms with Crippen LogP contribution in [-0.2, 0) is 30.7 Å². The number of carbonyl (C=O) groups is 1. The SMILES string of the molecule is CCCCOc1ccc(S(=O)(=O)N(CC(O)C(Cc2ccccc2)NC(=O)O[C@H]2CO[C@H]3OCC[C@H]32)CC(C)(C)CCC#N)cc1. The molecule has 5 atom stereocenters. The maximum atomic E-state index is 14.1. The molecule has 0 aromatic heterocycles. The van der Waals surface area contributed by atoms with Crippen molar-refractivity contribution in [1.29, 1.82) is 5.26 Å². The Morgan fingerprint density at radius 3 is 2.61 bits per heavy atom. The Morgan fingerprint density at radius 2 is 1.91 bits per heavy atom. The van der Waals surface area contributed by atoms with Gasteiger partial charge < -0.3 is 29.4 Å². The van der Waals surface area contributed by atoms with E-state index in [2.05, 4.69) is 18.3 Å². The number of nitrogens with one attached hydrogen (secondary N) is 1. The highest BCUT2D eigenvalue weighted by atomic mass is 32.2. The molecule has 2 saturated heterocycles. The van der Waals surface area contributed by atoms with Gasteiger partial charge in [-0.25, -0.2) is 13.2 Å². The Labute approximate surface area is 272 Å². The van der Waals surface area contributed by atoms with Gasteiger partial charge in [-0.2, -0.15) is 9.57 Å². The first kappa shape index (κ1) is 35.6. The van der Waals surface area contributed by atoms with E-state index in [0.717, 1.165) is 24.8 Å². The van der Waals surface area contributed by atoms with Crippen LogP contribution in [0.5, 0.6) is 5.75 Å². The number of hydrogen-bond donors (Lipinski definition) is 2. The van der Waals surface area contributed by atoms with Crippen LogP contribution in [-0.4, -0.2) is 81.4 Å². The van der Waals surface area contributed by atoms with E-state index in [1.54, 1.807) is 12.1 Å². The molecule has 2 N–H and O–H groups in total. The number of aliphatic hydroxyl groups excluding tert-OH is 1. The summed E-state index contributed by atoms with van der Waals surface area (Å²) in [5.41, 5.74) is 0.276. The standard InChI is InChI=1S/C34H47N3O8S/c1-4-5-19-42-26-12-14-27(15-13-26)46(40,41)37(24-34(2,3)17-9-18-35)22-30(38)29(21-25-10-7-6-8-11-25)36-33(39)45-31-23-44-32-28(31)16-20-43-32/h6-8,10-15,28-32,38H,4-5,9,16-17,19-24H2,1-3H3,(H,36,39)/t28-,29?,30?,31-,32+/m0/s1. The molecule has 2 aliphatic rings. The number of nitriles is 1. The van der Waals surface area contributed by atoms with Gasteiger partial charge >= 0.3 is 6.09 Å². The first-order valence-electron chi connectivity index (χ1n) is 16.0. The molecule has 2 heterocycles. The summed E-state index contributed by atoms with van der Waals surface area (Å²) in [6.45, 7) is 6.90. The number of nitrogens with zero attached hydrogens (tertiary/aromatic N) is 2. The fourth-order valence-electron chi connectivity index (χ4n) is 5.75. The van der Waals surface area contributed by atoms with Gasteiger partial charge in [-0.3, -0.25) is 0 Å². The molecule has 11 nitrogen and oxygen atoms in total. The summed E-state index contributed by atoms with van der Waals surface area (Å²) in [7, 11) is -4.10. The number of benzene rings is 2. The summed E-state index contributed by atoms with van der Waals surface area (Å²) in [5, 5.41) is 23.7. The van der Waals surface area contributed by atoms with Crippen molar-refractivity contribution in [2.75, 3.05) is 32.9 Å². The quantitative estimate of drug-likeness (QED) is 0.232. The number of rotatable bonds is 17. The first-order chi connectivity index (χ1) is 22.0. The number of hydrogen-bond acceptors (Lipinski definition) is 9. The lowest BCUT2D eigenvalue weighted by atomic mass is 9.88. The molecule has 46 heavy (non-hydrogen) atoms. The Kier molecular flexibility index (Phi) is 12.8. The van der Waals surface area contributed by atoms with Crippen LogP contribution in [0.15, 0.2) is 59.5 Å². The van der Waals surface area contributed by atoms with Crippen molar-refractivity contribution in [3.63, 3.8) is 0 Å². The van der Waals surface area contributed by atoms with Crippen LogP contribution in [0.1, 0.15) is 58.4 Å². The van der Waals surface area contributed by atoms with Crippen molar-refractivity contribution in [2.45, 2.75) is 88.7 Å². The van der Waals surface area contributed by atoms with Crippen LogP contribution in [0.25, 0.3) is 0 Å². The molecule has 0 aliphatic carbocycles. The Bertz CT molecular complexity index is 1400. The molecule has 2 aromatic carbocycles. The highest BCUT2D eigenvalue weighted by Crippen LogP contribution is 2.33. The predicted molar refractivity (Wildman–Crippen MR) is 171 cm³/mol. The highest BCUT2D eigenvalue weighted by Gasteiger charge is 2.44. The van der Waals surface area contributed by atoms with Crippen LogP contribution >= 0.6 is 0 Å². The minimum absolute atomic E-state index is 0.0494. The Hall–Kier alpha value is -3.21. The second kappa shape index (κ2) is 16.6. The number of fused-ring (bicyclic) bond motifs is 1. The molecule has 4 rings (SSSR count). The van der Waals surface area contributed by atoms with Gasteiger partial charge in [-0.15, -0.1) is 0 Å². The summed E-state index contributed by atoms with van der Waals surface area (Å²) >= 11 is 0. The van der Waals surface area contributed by atoms with Crippen LogP contribution in [0, 0.1) is 22.7 Å². The fraction of sp³-hybridized carbons (Fsp3) is 0.588. The van der Waals surface area contributed by atoms with Gasteiger partial charge in [-0.05, 0) is 60.9 Å². The smallest absolute Gasteiger partial charge is 0.407 e. The van der Waals surface area contributed by atoms with Gasteiger partial charge in [0.05, 0.1) is 48.8 Å². The van der Waals surface area contributed by atoms with E-state index in [1.807, 2.05) is 44.2 Å². The number of amides is 1. The van der Waals surface area contributed by atoms with E-state index >= 15 is 0 Å². The van der Waals surface area contributed by atoms with Crippen LogP contribution in [0.4, 0.5) is 4.79 Å². The van der Waals surface area contributed by atoms with Crippen molar-refractivity contribution in [1.82, 2.24) is 9.62 Å². The lowest BCUT2D eigenvalue weighted by Gasteiger charge is -2.35. The minimum Gasteiger partial charge on any atom is -0.494 e. The van der Waals surface area contributed by atoms with E-state index in [-0.39, 0.29) is 49.6 Å².